The molecule has 0 bridgehead atoms. The first-order valence-electron chi connectivity index (χ1n) is 11.8. The Bertz CT molecular complexity index is 1220. The lowest BCUT2D eigenvalue weighted by atomic mass is 10.0. The summed E-state index contributed by atoms with van der Waals surface area (Å²) in [5, 5.41) is 12.1. The number of ether oxygens (including phenoxy) is 1. The largest absolute Gasteiger partial charge is 0.491 e. The fourth-order valence-corrected chi connectivity index (χ4v) is 5.81. The van der Waals surface area contributed by atoms with Crippen molar-refractivity contribution in [2.75, 3.05) is 6.54 Å². The van der Waals surface area contributed by atoms with E-state index in [0.29, 0.717) is 30.2 Å². The minimum absolute atomic E-state index is 0.0393. The molecule has 12 heteroatoms. The van der Waals surface area contributed by atoms with E-state index in [1.165, 1.54) is 0 Å². The molecule has 1 saturated heterocycles. The number of carboxylic acid groups (broad SMARTS) is 1. The fourth-order valence-electron chi connectivity index (χ4n) is 4.10. The monoisotopic (exact) mass is 542 g/mol. The molecule has 37 heavy (non-hydrogen) atoms. The zero-order chi connectivity index (χ0) is 27.4. The first-order chi connectivity index (χ1) is 17.3. The van der Waals surface area contributed by atoms with Gasteiger partial charge in [0, 0.05) is 13.0 Å². The van der Waals surface area contributed by atoms with Crippen LogP contribution in [-0.4, -0.2) is 54.4 Å². The first kappa shape index (κ1) is 28.5. The summed E-state index contributed by atoms with van der Waals surface area (Å²) in [6, 6.07) is 7.44. The van der Waals surface area contributed by atoms with Crippen LogP contribution in [0.4, 0.5) is 13.2 Å². The molecule has 3 rings (SSSR count). The quantitative estimate of drug-likeness (QED) is 0.498. The molecule has 1 aliphatic heterocycles. The Morgan fingerprint density at radius 3 is 2.41 bits per heavy atom. The molecule has 2 N–H and O–H groups in total. The summed E-state index contributed by atoms with van der Waals surface area (Å²) in [6.07, 6.45) is -3.81. The maximum atomic E-state index is 13.3. The van der Waals surface area contributed by atoms with E-state index in [1.807, 2.05) is 13.8 Å². The molecular formula is C25H29F3N2O6S. The fraction of sp³-hybridized carbons (Fsp3) is 0.440. The van der Waals surface area contributed by atoms with Gasteiger partial charge in [0.05, 0.1) is 16.6 Å². The van der Waals surface area contributed by atoms with Crippen molar-refractivity contribution in [1.82, 2.24) is 9.62 Å². The molecule has 1 heterocycles. The molecule has 0 spiro atoms. The second kappa shape index (κ2) is 11.5. The second-order valence-corrected chi connectivity index (χ2v) is 11.0. The minimum Gasteiger partial charge on any atom is -0.491 e. The number of halogens is 3. The van der Waals surface area contributed by atoms with Gasteiger partial charge in [0.2, 0.25) is 15.9 Å². The number of sulfonamides is 1. The van der Waals surface area contributed by atoms with E-state index in [9.17, 15) is 36.3 Å². The molecule has 0 aliphatic carbocycles. The maximum Gasteiger partial charge on any atom is 0.416 e. The Morgan fingerprint density at radius 1 is 1.14 bits per heavy atom. The van der Waals surface area contributed by atoms with E-state index < -0.39 is 50.6 Å². The molecular weight excluding hydrogens is 513 g/mol. The van der Waals surface area contributed by atoms with E-state index in [2.05, 4.69) is 5.32 Å². The zero-order valence-electron chi connectivity index (χ0n) is 20.4. The number of alkyl halides is 3. The normalized spacial score (nSPS) is 17.8. The summed E-state index contributed by atoms with van der Waals surface area (Å²) < 4.78 is 72.4. The third kappa shape index (κ3) is 7.22. The van der Waals surface area contributed by atoms with Crippen LogP contribution in [0.3, 0.4) is 0 Å². The predicted molar refractivity (Wildman–Crippen MR) is 128 cm³/mol. The number of carbonyl (C=O) groups is 2. The maximum absolute atomic E-state index is 13.3. The van der Waals surface area contributed by atoms with Crippen LogP contribution in [0.15, 0.2) is 53.4 Å². The first-order valence-corrected chi connectivity index (χ1v) is 13.2. The van der Waals surface area contributed by atoms with Crippen LogP contribution in [0.25, 0.3) is 0 Å². The summed E-state index contributed by atoms with van der Waals surface area (Å²) in [7, 11) is -4.46. The number of benzene rings is 2. The number of hydrogen-bond donors (Lipinski definition) is 2. The topological polar surface area (TPSA) is 113 Å². The Hall–Kier alpha value is -3.12. The van der Waals surface area contributed by atoms with Crippen LogP contribution >= 0.6 is 0 Å². The van der Waals surface area contributed by atoms with Gasteiger partial charge in [-0.3, -0.25) is 4.79 Å². The van der Waals surface area contributed by atoms with Crippen LogP contribution in [0, 0.1) is 0 Å². The van der Waals surface area contributed by atoms with Crippen molar-refractivity contribution >= 4 is 21.9 Å². The van der Waals surface area contributed by atoms with Crippen molar-refractivity contribution in [3.05, 3.63) is 59.7 Å². The Morgan fingerprint density at radius 2 is 1.81 bits per heavy atom. The number of carbonyl (C=O) groups excluding carboxylic acids is 1. The highest BCUT2D eigenvalue weighted by Gasteiger charge is 2.40. The highest BCUT2D eigenvalue weighted by atomic mass is 32.2. The number of rotatable bonds is 9. The van der Waals surface area contributed by atoms with E-state index in [0.717, 1.165) is 22.5 Å². The van der Waals surface area contributed by atoms with E-state index in [1.54, 1.807) is 24.3 Å². The Kier molecular flexibility index (Phi) is 8.85. The summed E-state index contributed by atoms with van der Waals surface area (Å²) in [5.74, 6) is -1.52. The molecule has 202 valence electrons. The molecule has 1 fully saturated rings. The lowest BCUT2D eigenvalue weighted by Gasteiger charge is -2.34. The van der Waals surface area contributed by atoms with Gasteiger partial charge >= 0.3 is 12.1 Å². The van der Waals surface area contributed by atoms with Crippen molar-refractivity contribution in [1.29, 1.82) is 0 Å². The molecule has 1 aliphatic rings. The van der Waals surface area contributed by atoms with Gasteiger partial charge in [-0.15, -0.1) is 0 Å². The van der Waals surface area contributed by atoms with E-state index >= 15 is 0 Å². The average Bonchev–Trinajstić information content (AvgIpc) is 2.84. The molecule has 2 atom stereocenters. The van der Waals surface area contributed by atoms with Crippen LogP contribution in [0.2, 0.25) is 0 Å². The lowest BCUT2D eigenvalue weighted by molar-refractivity contribution is -0.142. The van der Waals surface area contributed by atoms with Crippen molar-refractivity contribution in [3.8, 4) is 5.75 Å². The second-order valence-electron chi connectivity index (χ2n) is 9.07. The summed E-state index contributed by atoms with van der Waals surface area (Å²) in [5.41, 5.74) is -0.511. The number of nitrogens with one attached hydrogen (secondary N) is 1. The van der Waals surface area contributed by atoms with Gasteiger partial charge in [-0.25, -0.2) is 13.2 Å². The van der Waals surface area contributed by atoms with Gasteiger partial charge in [0.25, 0.3) is 0 Å². The Balaban J connectivity index is 1.79. The molecule has 2 aromatic carbocycles. The number of amides is 1. The highest BCUT2D eigenvalue weighted by molar-refractivity contribution is 7.89. The summed E-state index contributed by atoms with van der Waals surface area (Å²) in [4.78, 5) is 24.4. The Labute approximate surface area is 213 Å². The van der Waals surface area contributed by atoms with E-state index in [-0.39, 0.29) is 25.5 Å². The number of hydrogen-bond acceptors (Lipinski definition) is 5. The van der Waals surface area contributed by atoms with Gasteiger partial charge in [-0.1, -0.05) is 24.6 Å². The van der Waals surface area contributed by atoms with Crippen LogP contribution in [-0.2, 0) is 32.2 Å². The van der Waals surface area contributed by atoms with Gasteiger partial charge < -0.3 is 15.2 Å². The number of aliphatic carboxylic acids is 1. The molecule has 2 unspecified atom stereocenters. The van der Waals surface area contributed by atoms with Crippen LogP contribution < -0.4 is 10.1 Å². The minimum atomic E-state index is -4.74. The lowest BCUT2D eigenvalue weighted by Crippen LogP contribution is -2.55. The zero-order valence-corrected chi connectivity index (χ0v) is 21.2. The number of carboxylic acids is 1. The standard InChI is InChI=1S/C25H29F3N2O6S/c1-16(2)36-19-11-9-17(10-12-19)14-21(24(32)33)29-23(31)22-8-3-4-13-30(22)37(34,35)20-7-5-6-18(15-20)25(26,27)28/h5-7,9-12,15-16,21-22H,3-4,8,13-14H2,1-2H3,(H,29,31)(H,32,33). The number of piperidine rings is 1. The predicted octanol–water partition coefficient (Wildman–Crippen LogP) is 3.85. The summed E-state index contributed by atoms with van der Waals surface area (Å²) >= 11 is 0. The van der Waals surface area contributed by atoms with Gasteiger partial charge in [-0.05, 0) is 62.6 Å². The molecule has 8 nitrogen and oxygen atoms in total. The van der Waals surface area contributed by atoms with Crippen LogP contribution in [0.5, 0.6) is 5.75 Å². The average molecular weight is 543 g/mol. The van der Waals surface area contributed by atoms with E-state index in [4.69, 9.17) is 4.74 Å². The van der Waals surface area contributed by atoms with Crippen molar-refractivity contribution in [2.45, 2.75) is 68.8 Å². The third-order valence-corrected chi connectivity index (χ3v) is 7.78. The van der Waals surface area contributed by atoms with Crippen molar-refractivity contribution in [3.63, 3.8) is 0 Å². The van der Waals surface area contributed by atoms with Crippen molar-refractivity contribution < 1.29 is 41.0 Å². The highest BCUT2D eigenvalue weighted by Crippen LogP contribution is 2.32. The molecule has 0 saturated carbocycles. The molecule has 1 amide bonds. The SMILES string of the molecule is CC(C)Oc1ccc(CC(NC(=O)C2CCCCN2S(=O)(=O)c2cccc(C(F)(F)F)c2)C(=O)O)cc1. The van der Waals surface area contributed by atoms with Gasteiger partial charge in [-0.2, -0.15) is 17.5 Å². The smallest absolute Gasteiger partial charge is 0.416 e. The summed E-state index contributed by atoms with van der Waals surface area (Å²) in [6.45, 7) is 3.66. The van der Waals surface area contributed by atoms with Gasteiger partial charge in [0.1, 0.15) is 17.8 Å². The van der Waals surface area contributed by atoms with Gasteiger partial charge in [0.15, 0.2) is 0 Å². The molecule has 0 radical (unpaired) electrons. The van der Waals surface area contributed by atoms with Crippen LogP contribution in [0.1, 0.15) is 44.2 Å². The third-order valence-electron chi connectivity index (χ3n) is 5.87. The number of nitrogens with zero attached hydrogens (tertiary/aromatic N) is 1. The van der Waals surface area contributed by atoms with Crippen molar-refractivity contribution in [2.24, 2.45) is 0 Å². The molecule has 2 aromatic rings. The molecule has 0 aromatic heterocycles.